The van der Waals surface area contributed by atoms with Gasteiger partial charge in [-0.25, -0.2) is 0 Å². The predicted molar refractivity (Wildman–Crippen MR) is 95.9 cm³/mol. The molecule has 0 radical (unpaired) electrons. The van der Waals surface area contributed by atoms with Gasteiger partial charge in [-0.3, -0.25) is 14.7 Å². The van der Waals surface area contributed by atoms with Crippen LogP contribution in [-0.4, -0.2) is 42.0 Å². The number of amides is 1. The molecule has 25 heavy (non-hydrogen) atoms. The molecule has 2 heterocycles. The maximum absolute atomic E-state index is 12.5. The molecule has 0 spiro atoms. The molecule has 1 aliphatic rings. The van der Waals surface area contributed by atoms with Crippen LogP contribution in [0.1, 0.15) is 22.9 Å². The molecule has 1 amide bonds. The molecule has 0 saturated carbocycles. The summed E-state index contributed by atoms with van der Waals surface area (Å²) in [5, 5.41) is 15.6. The lowest BCUT2D eigenvalue weighted by molar-refractivity contribution is -0.118. The highest BCUT2D eigenvalue weighted by molar-refractivity contribution is 5.93. The molecule has 0 aliphatic carbocycles. The maximum Gasteiger partial charge on any atom is 0.238 e. The fraction of sp³-hybridized carbons (Fsp3) is 0.316. The number of nitrogens with zero attached hydrogens (tertiary/aromatic N) is 3. The highest BCUT2D eigenvalue weighted by Gasteiger charge is 2.28. The molecule has 1 aliphatic heterocycles. The molecule has 1 unspecified atom stereocenters. The van der Waals surface area contributed by atoms with Gasteiger partial charge in [0.1, 0.15) is 6.07 Å². The number of nitrogens with one attached hydrogen (secondary N) is 2. The van der Waals surface area contributed by atoms with Crippen molar-refractivity contribution in [3.8, 4) is 6.07 Å². The number of nitriles is 1. The zero-order valence-electron chi connectivity index (χ0n) is 14.2. The van der Waals surface area contributed by atoms with Crippen LogP contribution in [0.4, 0.5) is 5.69 Å². The number of carbonyl (C=O) groups excluding carboxylic acids is 1. The first-order valence-corrected chi connectivity index (χ1v) is 8.34. The Balaban J connectivity index is 1.74. The van der Waals surface area contributed by atoms with Crippen LogP contribution in [0.5, 0.6) is 0 Å². The van der Waals surface area contributed by atoms with Gasteiger partial charge in [0, 0.05) is 31.5 Å². The number of carbonyl (C=O) groups is 1. The lowest BCUT2D eigenvalue weighted by Gasteiger charge is -2.35. The maximum atomic E-state index is 12.5. The standard InChI is InChI=1S/C19H21N5O/c1-14-5-2-3-7-16(14)23-18(25)13-24-10-9-21-12-17(24)19-15(11-20)6-4-8-22-19/h2-8,17,21H,9-10,12-13H2,1H3,(H,23,25). The fourth-order valence-corrected chi connectivity index (χ4v) is 3.07. The van der Waals surface area contributed by atoms with Gasteiger partial charge < -0.3 is 10.6 Å². The Labute approximate surface area is 147 Å². The number of pyridine rings is 1. The molecule has 2 N–H and O–H groups in total. The summed E-state index contributed by atoms with van der Waals surface area (Å²) in [5.41, 5.74) is 3.14. The van der Waals surface area contributed by atoms with E-state index in [1.165, 1.54) is 0 Å². The highest BCUT2D eigenvalue weighted by Crippen LogP contribution is 2.23. The summed E-state index contributed by atoms with van der Waals surface area (Å²) in [7, 11) is 0. The van der Waals surface area contributed by atoms with Gasteiger partial charge in [0.05, 0.1) is 23.8 Å². The molecule has 1 saturated heterocycles. The van der Waals surface area contributed by atoms with E-state index in [1.807, 2.05) is 31.2 Å². The number of rotatable bonds is 4. The zero-order chi connectivity index (χ0) is 17.6. The van der Waals surface area contributed by atoms with Crippen molar-refractivity contribution in [3.05, 3.63) is 59.4 Å². The van der Waals surface area contributed by atoms with Gasteiger partial charge in [-0.05, 0) is 30.7 Å². The predicted octanol–water partition coefficient (Wildman–Crippen LogP) is 1.85. The second kappa shape index (κ2) is 7.88. The fourth-order valence-electron chi connectivity index (χ4n) is 3.07. The number of aromatic nitrogens is 1. The molecular weight excluding hydrogens is 314 g/mol. The van der Waals surface area contributed by atoms with E-state index in [1.54, 1.807) is 18.3 Å². The second-order valence-electron chi connectivity index (χ2n) is 6.10. The minimum absolute atomic E-state index is 0.0596. The molecule has 1 aromatic heterocycles. The van der Waals surface area contributed by atoms with Crippen molar-refractivity contribution < 1.29 is 4.79 Å². The Hall–Kier alpha value is -2.75. The van der Waals surface area contributed by atoms with Crippen LogP contribution in [0, 0.1) is 18.3 Å². The Morgan fingerprint density at radius 3 is 3.04 bits per heavy atom. The average Bonchev–Trinajstić information content (AvgIpc) is 2.64. The first kappa shape index (κ1) is 17.1. The number of hydrogen-bond acceptors (Lipinski definition) is 5. The van der Waals surface area contributed by atoms with Gasteiger partial charge in [0.25, 0.3) is 0 Å². The first-order chi connectivity index (χ1) is 12.2. The third kappa shape index (κ3) is 4.02. The van der Waals surface area contributed by atoms with Gasteiger partial charge in [-0.15, -0.1) is 0 Å². The number of benzene rings is 1. The third-order valence-corrected chi connectivity index (χ3v) is 4.39. The lowest BCUT2D eigenvalue weighted by atomic mass is 10.0. The number of piperazine rings is 1. The lowest BCUT2D eigenvalue weighted by Crippen LogP contribution is -2.49. The van der Waals surface area contributed by atoms with E-state index in [9.17, 15) is 10.1 Å². The number of para-hydroxylation sites is 1. The van der Waals surface area contributed by atoms with E-state index in [4.69, 9.17) is 0 Å². The van der Waals surface area contributed by atoms with Gasteiger partial charge >= 0.3 is 0 Å². The van der Waals surface area contributed by atoms with E-state index in [0.29, 0.717) is 12.1 Å². The monoisotopic (exact) mass is 335 g/mol. The minimum atomic E-state index is -0.0905. The Morgan fingerprint density at radius 2 is 2.24 bits per heavy atom. The van der Waals surface area contributed by atoms with Crippen LogP contribution >= 0.6 is 0 Å². The molecule has 1 atom stereocenters. The Bertz CT molecular complexity index is 798. The van der Waals surface area contributed by atoms with E-state index in [0.717, 1.165) is 30.0 Å². The molecule has 0 bridgehead atoms. The summed E-state index contributed by atoms with van der Waals surface area (Å²) in [4.78, 5) is 19.0. The average molecular weight is 335 g/mol. The largest absolute Gasteiger partial charge is 0.325 e. The molecule has 1 fully saturated rings. The molecule has 3 rings (SSSR count). The minimum Gasteiger partial charge on any atom is -0.325 e. The number of anilines is 1. The summed E-state index contributed by atoms with van der Waals surface area (Å²) in [6, 6.07) is 13.3. The number of hydrogen-bond donors (Lipinski definition) is 2. The highest BCUT2D eigenvalue weighted by atomic mass is 16.2. The third-order valence-electron chi connectivity index (χ3n) is 4.39. The van der Waals surface area contributed by atoms with Crippen molar-refractivity contribution >= 4 is 11.6 Å². The molecule has 2 aromatic rings. The van der Waals surface area contributed by atoms with Crippen molar-refractivity contribution in [2.24, 2.45) is 0 Å². The summed E-state index contributed by atoms with van der Waals surface area (Å²) in [6.45, 7) is 4.44. The smallest absolute Gasteiger partial charge is 0.238 e. The quantitative estimate of drug-likeness (QED) is 0.891. The zero-order valence-corrected chi connectivity index (χ0v) is 14.2. The first-order valence-electron chi connectivity index (χ1n) is 8.34. The summed E-state index contributed by atoms with van der Waals surface area (Å²) in [5.74, 6) is -0.0596. The normalized spacial score (nSPS) is 17.7. The van der Waals surface area contributed by atoms with Gasteiger partial charge in [0.15, 0.2) is 0 Å². The van der Waals surface area contributed by atoms with E-state index in [-0.39, 0.29) is 18.5 Å². The summed E-state index contributed by atoms with van der Waals surface area (Å²) in [6.07, 6.45) is 1.69. The SMILES string of the molecule is Cc1ccccc1NC(=O)CN1CCNCC1c1ncccc1C#N. The van der Waals surface area contributed by atoms with Crippen LogP contribution in [0.3, 0.4) is 0 Å². The summed E-state index contributed by atoms with van der Waals surface area (Å²) < 4.78 is 0. The Morgan fingerprint density at radius 1 is 1.40 bits per heavy atom. The van der Waals surface area contributed by atoms with E-state index < -0.39 is 0 Å². The number of aryl methyl sites for hydroxylation is 1. The van der Waals surface area contributed by atoms with Crippen LogP contribution in [0.2, 0.25) is 0 Å². The molecule has 6 heteroatoms. The second-order valence-corrected chi connectivity index (χ2v) is 6.10. The van der Waals surface area contributed by atoms with Gasteiger partial charge in [-0.2, -0.15) is 5.26 Å². The van der Waals surface area contributed by atoms with Crippen molar-refractivity contribution in [2.75, 3.05) is 31.5 Å². The van der Waals surface area contributed by atoms with E-state index in [2.05, 4.69) is 26.6 Å². The van der Waals surface area contributed by atoms with Crippen LogP contribution in [0.15, 0.2) is 42.6 Å². The molecule has 6 nitrogen and oxygen atoms in total. The van der Waals surface area contributed by atoms with E-state index >= 15 is 0 Å². The van der Waals surface area contributed by atoms with Crippen molar-refractivity contribution in [1.82, 2.24) is 15.2 Å². The van der Waals surface area contributed by atoms with Crippen molar-refractivity contribution in [3.63, 3.8) is 0 Å². The summed E-state index contributed by atoms with van der Waals surface area (Å²) >= 11 is 0. The van der Waals surface area contributed by atoms with Gasteiger partial charge in [-0.1, -0.05) is 18.2 Å². The van der Waals surface area contributed by atoms with Crippen molar-refractivity contribution in [2.45, 2.75) is 13.0 Å². The molecule has 1 aromatic carbocycles. The Kier molecular flexibility index (Phi) is 5.39. The topological polar surface area (TPSA) is 81.1 Å². The van der Waals surface area contributed by atoms with Crippen LogP contribution < -0.4 is 10.6 Å². The van der Waals surface area contributed by atoms with Crippen LogP contribution in [-0.2, 0) is 4.79 Å². The molecular formula is C19H21N5O. The van der Waals surface area contributed by atoms with Gasteiger partial charge in [0.2, 0.25) is 5.91 Å². The van der Waals surface area contributed by atoms with Crippen molar-refractivity contribution in [1.29, 1.82) is 5.26 Å². The van der Waals surface area contributed by atoms with Crippen LogP contribution in [0.25, 0.3) is 0 Å². The molecule has 128 valence electrons.